The molecule has 1 nitrogen and oxygen atoms in total. The molecule has 0 aromatic heterocycles. The molecular weight excluding hydrogens is 242 g/mol. The van der Waals surface area contributed by atoms with E-state index in [0.29, 0.717) is 0 Å². The molecule has 4 heteroatoms. The van der Waals surface area contributed by atoms with Crippen LogP contribution in [-0.4, -0.2) is 16.6 Å². The van der Waals surface area contributed by atoms with Crippen LogP contribution in [0.15, 0.2) is 0 Å². The first-order valence-corrected chi connectivity index (χ1v) is 6.11. The predicted octanol–water partition coefficient (Wildman–Crippen LogP) is 3.19. The molecule has 0 spiro atoms. The van der Waals surface area contributed by atoms with Gasteiger partial charge in [0.2, 0.25) is 0 Å². The Hall–Kier alpha value is 0.759. The minimum Gasteiger partial charge on any atom is -0.371 e. The fourth-order valence-corrected chi connectivity index (χ4v) is 1.90. The minimum absolute atomic E-state index is 0. The van der Waals surface area contributed by atoms with Gasteiger partial charge in [-0.05, 0) is 12.8 Å². The Morgan fingerprint density at radius 2 is 1.85 bits per heavy atom. The molecule has 0 amide bonds. The Balaban J connectivity index is 0. The average Bonchev–Trinajstić information content (AvgIpc) is 2.06. The molecule has 0 aliphatic carbocycles. The molecule has 1 N–H and O–H groups in total. The Morgan fingerprint density at radius 1 is 1.23 bits per heavy atom. The van der Waals surface area contributed by atoms with Crippen molar-refractivity contribution in [3.63, 3.8) is 0 Å². The van der Waals surface area contributed by atoms with Crippen LogP contribution in [0.4, 0.5) is 0 Å². The summed E-state index contributed by atoms with van der Waals surface area (Å²) >= 11 is 6.90. The van der Waals surface area contributed by atoms with E-state index in [9.17, 15) is 0 Å². The molecule has 0 fully saturated rings. The molecule has 0 aliphatic rings. The monoisotopic (exact) mass is 261 g/mol. The van der Waals surface area contributed by atoms with Gasteiger partial charge < -0.3 is 5.32 Å². The molecule has 0 heterocycles. The van der Waals surface area contributed by atoms with Crippen LogP contribution in [-0.2, 0) is 17.1 Å². The van der Waals surface area contributed by atoms with Crippen LogP contribution in [0.3, 0.4) is 0 Å². The maximum absolute atomic E-state index is 5.13. The Kier molecular flexibility index (Phi) is 15.9. The van der Waals surface area contributed by atoms with Gasteiger partial charge in [-0.3, -0.25) is 0 Å². The van der Waals surface area contributed by atoms with E-state index in [0.717, 1.165) is 16.6 Å². The van der Waals surface area contributed by atoms with Crippen LogP contribution in [0.5, 0.6) is 0 Å². The van der Waals surface area contributed by atoms with E-state index in [4.69, 9.17) is 12.2 Å². The zero-order valence-electron chi connectivity index (χ0n) is 8.41. The van der Waals surface area contributed by atoms with Gasteiger partial charge in [-0.1, -0.05) is 50.7 Å². The predicted molar refractivity (Wildman–Crippen MR) is 62.9 cm³/mol. The third-order valence-corrected chi connectivity index (χ3v) is 2.93. The fraction of sp³-hybridized carbons (Fsp3) is 0.889. The Morgan fingerprint density at radius 3 is 2.38 bits per heavy atom. The van der Waals surface area contributed by atoms with E-state index in [1.165, 1.54) is 25.7 Å². The van der Waals surface area contributed by atoms with Crippen LogP contribution in [0, 0.1) is 0 Å². The van der Waals surface area contributed by atoms with Crippen molar-refractivity contribution in [3.8, 4) is 0 Å². The van der Waals surface area contributed by atoms with Gasteiger partial charge in [-0.15, -0.1) is 0 Å². The Labute approximate surface area is 102 Å². The third-order valence-electron chi connectivity index (χ3n) is 1.53. The molecule has 80 valence electrons. The molecule has 0 aromatic carbocycles. The van der Waals surface area contributed by atoms with E-state index in [2.05, 4.69) is 19.2 Å². The maximum Gasteiger partial charge on any atom is 0.133 e. The third kappa shape index (κ3) is 12.8. The molecule has 0 bridgehead atoms. The molecule has 0 rings (SSSR count). The van der Waals surface area contributed by atoms with Gasteiger partial charge in [0.25, 0.3) is 0 Å². The van der Waals surface area contributed by atoms with Crippen LogP contribution in [0.2, 0.25) is 0 Å². The molecule has 0 aromatic rings. The molecule has 0 aliphatic heterocycles. The summed E-state index contributed by atoms with van der Waals surface area (Å²) in [7, 11) is 0. The minimum atomic E-state index is 0. The van der Waals surface area contributed by atoms with E-state index in [1.807, 2.05) is 0 Å². The topological polar surface area (TPSA) is 12.0 Å². The summed E-state index contributed by atoms with van der Waals surface area (Å²) in [6, 6.07) is 0. The van der Waals surface area contributed by atoms with Crippen molar-refractivity contribution in [3.05, 3.63) is 0 Å². The number of rotatable bonds is 6. The Bertz CT molecular complexity index is 108. The van der Waals surface area contributed by atoms with Crippen molar-refractivity contribution >= 4 is 28.3 Å². The summed E-state index contributed by atoms with van der Waals surface area (Å²) < 4.78 is 0.969. The van der Waals surface area contributed by atoms with Gasteiger partial charge in [0.05, 0.1) is 0 Å². The smallest absolute Gasteiger partial charge is 0.133 e. The number of nitrogens with one attached hydrogen (secondary N) is 1. The summed E-state index contributed by atoms with van der Waals surface area (Å²) in [5.74, 6) is 1.16. The summed E-state index contributed by atoms with van der Waals surface area (Å²) in [5.41, 5.74) is 0. The fourth-order valence-electron chi connectivity index (χ4n) is 0.727. The molecule has 0 saturated heterocycles. The van der Waals surface area contributed by atoms with Crippen molar-refractivity contribution < 1.29 is 17.1 Å². The quantitative estimate of drug-likeness (QED) is 0.448. The van der Waals surface area contributed by atoms with Crippen LogP contribution >= 0.6 is 24.0 Å². The largest absolute Gasteiger partial charge is 0.371 e. The van der Waals surface area contributed by atoms with E-state index in [-0.39, 0.29) is 17.1 Å². The zero-order valence-corrected chi connectivity index (χ0v) is 11.1. The summed E-state index contributed by atoms with van der Waals surface area (Å²) in [4.78, 5) is 0. The number of hydrogen-bond donors (Lipinski definition) is 1. The normalized spacial score (nSPS) is 9.08. The average molecular weight is 261 g/mol. The van der Waals surface area contributed by atoms with Crippen LogP contribution in [0.1, 0.15) is 39.5 Å². The number of unbranched alkanes of at least 4 members (excludes halogenated alkanes) is 2. The molecule has 0 unspecified atom stereocenters. The van der Waals surface area contributed by atoms with E-state index < -0.39 is 0 Å². The summed E-state index contributed by atoms with van der Waals surface area (Å²) in [5, 5.41) is 3.24. The van der Waals surface area contributed by atoms with Gasteiger partial charge in [-0.25, -0.2) is 0 Å². The molecule has 13 heavy (non-hydrogen) atoms. The number of thioether (sulfide) groups is 1. The maximum atomic E-state index is 5.13. The second kappa shape index (κ2) is 12.8. The van der Waals surface area contributed by atoms with Crippen LogP contribution in [0.25, 0.3) is 0 Å². The van der Waals surface area contributed by atoms with E-state index in [1.54, 1.807) is 11.8 Å². The number of thiocarbonyl (C=S) groups is 1. The summed E-state index contributed by atoms with van der Waals surface area (Å²) in [6.45, 7) is 5.43. The second-order valence-corrected chi connectivity index (χ2v) is 4.54. The summed E-state index contributed by atoms with van der Waals surface area (Å²) in [6.07, 6.45) is 4.97. The van der Waals surface area contributed by atoms with Crippen molar-refractivity contribution in [1.29, 1.82) is 0 Å². The molecule has 0 saturated carbocycles. The van der Waals surface area contributed by atoms with Crippen molar-refractivity contribution in [2.45, 2.75) is 39.5 Å². The van der Waals surface area contributed by atoms with Gasteiger partial charge in [0.15, 0.2) is 0 Å². The standard InChI is InChI=1S/C9H19NS2.Fe/c1-3-5-7-10-9(11)12-8-6-4-2;/h3-8H2,1-2H3,(H,10,11);. The first-order chi connectivity index (χ1) is 5.81. The van der Waals surface area contributed by atoms with E-state index >= 15 is 0 Å². The van der Waals surface area contributed by atoms with Gasteiger partial charge in [0.1, 0.15) is 4.32 Å². The van der Waals surface area contributed by atoms with Gasteiger partial charge in [0, 0.05) is 29.4 Å². The van der Waals surface area contributed by atoms with Crippen molar-refractivity contribution in [2.24, 2.45) is 0 Å². The SMILES string of the molecule is CCCCNC(=S)SCCCC.[Fe]. The van der Waals surface area contributed by atoms with Crippen molar-refractivity contribution in [1.82, 2.24) is 5.32 Å². The van der Waals surface area contributed by atoms with Gasteiger partial charge >= 0.3 is 0 Å². The zero-order chi connectivity index (χ0) is 9.23. The van der Waals surface area contributed by atoms with Crippen LogP contribution < -0.4 is 5.32 Å². The van der Waals surface area contributed by atoms with Gasteiger partial charge in [-0.2, -0.15) is 0 Å². The van der Waals surface area contributed by atoms with Crippen molar-refractivity contribution in [2.75, 3.05) is 12.3 Å². The number of hydrogen-bond acceptors (Lipinski definition) is 2. The molecule has 0 radical (unpaired) electrons. The second-order valence-electron chi connectivity index (χ2n) is 2.77. The first kappa shape index (κ1) is 16.2. The molecule has 0 atom stereocenters. The first-order valence-electron chi connectivity index (χ1n) is 4.71. The molecular formula is C9H19FeNS2.